The lowest BCUT2D eigenvalue weighted by atomic mass is 9.57. The number of hydrogen-bond donors (Lipinski definition) is 2. The molecule has 2 bridgehead atoms. The Labute approximate surface area is 241 Å². The maximum absolute atomic E-state index is 13.1. The molecule has 7 nitrogen and oxygen atoms in total. The van der Waals surface area contributed by atoms with E-state index in [-0.39, 0.29) is 34.5 Å². The molecule has 2 aliphatic carbocycles. The van der Waals surface area contributed by atoms with E-state index in [4.69, 9.17) is 16.3 Å². The number of ether oxygens (including phenoxy) is 1. The van der Waals surface area contributed by atoms with Gasteiger partial charge in [0.2, 0.25) is 10.0 Å². The zero-order valence-corrected chi connectivity index (χ0v) is 24.4. The SMILES string of the molecule is C[C@@]12CC[C@H]1CN1C[C@@]3(CCCc4cc(Cl)ccc43)COc3ccc(cc31)C(=O)NS(=O)(=O)CC/C=C\C[C@H]2O. The molecule has 2 heterocycles. The van der Waals surface area contributed by atoms with Crippen LogP contribution in [-0.4, -0.2) is 51.0 Å². The summed E-state index contributed by atoms with van der Waals surface area (Å²) in [5, 5.41) is 12.0. The molecule has 0 aromatic heterocycles. The van der Waals surface area contributed by atoms with E-state index in [0.29, 0.717) is 31.9 Å². The van der Waals surface area contributed by atoms with Crippen LogP contribution in [0.4, 0.5) is 5.69 Å². The monoisotopic (exact) mass is 584 g/mol. The molecular weight excluding hydrogens is 548 g/mol. The number of halogens is 1. The van der Waals surface area contributed by atoms with Crippen molar-refractivity contribution in [3.63, 3.8) is 0 Å². The normalized spacial score (nSPS) is 32.5. The molecule has 2 N–H and O–H groups in total. The largest absolute Gasteiger partial charge is 0.490 e. The van der Waals surface area contributed by atoms with Crippen LogP contribution in [0.1, 0.15) is 66.9 Å². The van der Waals surface area contributed by atoms with E-state index in [1.165, 1.54) is 11.1 Å². The number of benzene rings is 2. The number of carbonyl (C=O) groups is 1. The van der Waals surface area contributed by atoms with Crippen molar-refractivity contribution in [1.29, 1.82) is 0 Å². The summed E-state index contributed by atoms with van der Waals surface area (Å²) in [5.74, 6) is 0.109. The zero-order chi connectivity index (χ0) is 28.1. The molecule has 214 valence electrons. The van der Waals surface area contributed by atoms with Crippen LogP contribution in [-0.2, 0) is 21.9 Å². The second-order valence-electron chi connectivity index (χ2n) is 12.3. The molecule has 1 fully saturated rings. The highest BCUT2D eigenvalue weighted by atomic mass is 35.5. The molecule has 2 aromatic carbocycles. The third-order valence-corrected chi connectivity index (χ3v) is 11.3. The molecule has 4 atom stereocenters. The average Bonchev–Trinajstić information content (AvgIpc) is 3.06. The first-order valence-electron chi connectivity index (χ1n) is 14.3. The van der Waals surface area contributed by atoms with Gasteiger partial charge in [-0.15, -0.1) is 0 Å². The minimum atomic E-state index is -3.81. The van der Waals surface area contributed by atoms with E-state index in [2.05, 4.69) is 28.7 Å². The summed E-state index contributed by atoms with van der Waals surface area (Å²) in [5.41, 5.74) is 3.07. The van der Waals surface area contributed by atoms with Crippen molar-refractivity contribution >= 4 is 33.2 Å². The Hall–Kier alpha value is -2.55. The lowest BCUT2D eigenvalue weighted by Crippen LogP contribution is -2.53. The van der Waals surface area contributed by atoms with Crippen LogP contribution in [0.3, 0.4) is 0 Å². The molecule has 9 heteroatoms. The number of allylic oxidation sites excluding steroid dienone is 1. The predicted molar refractivity (Wildman–Crippen MR) is 157 cm³/mol. The number of nitrogens with zero attached hydrogens (tertiary/aromatic N) is 1. The smallest absolute Gasteiger partial charge is 0.264 e. The lowest BCUT2D eigenvalue weighted by molar-refractivity contribution is -0.0695. The Morgan fingerprint density at radius 1 is 1.15 bits per heavy atom. The van der Waals surface area contributed by atoms with Crippen molar-refractivity contribution < 1.29 is 23.1 Å². The van der Waals surface area contributed by atoms with Crippen LogP contribution in [0, 0.1) is 11.3 Å². The van der Waals surface area contributed by atoms with Gasteiger partial charge in [-0.3, -0.25) is 4.79 Å². The predicted octanol–water partition coefficient (Wildman–Crippen LogP) is 5.00. The fourth-order valence-electron chi connectivity index (χ4n) is 7.15. The molecule has 4 aliphatic rings. The molecular formula is C31H37ClN2O5S. The van der Waals surface area contributed by atoms with Crippen molar-refractivity contribution in [2.45, 2.75) is 63.4 Å². The quantitative estimate of drug-likeness (QED) is 0.423. The van der Waals surface area contributed by atoms with Gasteiger partial charge in [-0.1, -0.05) is 36.7 Å². The molecule has 1 spiro atoms. The first-order valence-corrected chi connectivity index (χ1v) is 16.3. The van der Waals surface area contributed by atoms with Gasteiger partial charge in [-0.2, -0.15) is 0 Å². The highest BCUT2D eigenvalue weighted by Crippen LogP contribution is 2.52. The third kappa shape index (κ3) is 5.03. The number of hydrogen-bond acceptors (Lipinski definition) is 6. The first-order chi connectivity index (χ1) is 19.1. The summed E-state index contributed by atoms with van der Waals surface area (Å²) in [6, 6.07) is 11.3. The molecule has 0 unspecified atom stereocenters. The molecule has 40 heavy (non-hydrogen) atoms. The molecule has 1 saturated carbocycles. The average molecular weight is 585 g/mol. The van der Waals surface area contributed by atoms with E-state index in [1.54, 1.807) is 24.3 Å². The topological polar surface area (TPSA) is 95.9 Å². The van der Waals surface area contributed by atoms with Gasteiger partial charge in [0.05, 0.1) is 24.2 Å². The number of fused-ring (bicyclic) bond motifs is 4. The second kappa shape index (κ2) is 10.4. The van der Waals surface area contributed by atoms with Gasteiger partial charge in [0, 0.05) is 29.1 Å². The van der Waals surface area contributed by atoms with E-state index in [1.807, 2.05) is 12.1 Å². The van der Waals surface area contributed by atoms with Crippen molar-refractivity contribution in [3.8, 4) is 5.75 Å². The third-order valence-electron chi connectivity index (χ3n) is 9.79. The van der Waals surface area contributed by atoms with Crippen LogP contribution in [0.2, 0.25) is 5.02 Å². The fourth-order valence-corrected chi connectivity index (χ4v) is 8.29. The van der Waals surface area contributed by atoms with Crippen LogP contribution in [0.15, 0.2) is 48.6 Å². The first kappa shape index (κ1) is 27.6. The summed E-state index contributed by atoms with van der Waals surface area (Å²) >= 11 is 6.38. The summed E-state index contributed by atoms with van der Waals surface area (Å²) < 4.78 is 34.0. The van der Waals surface area contributed by atoms with Gasteiger partial charge in [0.1, 0.15) is 5.75 Å². The maximum atomic E-state index is 13.1. The Morgan fingerprint density at radius 3 is 2.80 bits per heavy atom. The number of aryl methyl sites for hydroxylation is 1. The lowest BCUT2D eigenvalue weighted by Gasteiger charge is -2.52. The number of anilines is 1. The van der Waals surface area contributed by atoms with Crippen molar-refractivity contribution in [1.82, 2.24) is 4.72 Å². The number of aliphatic hydroxyl groups is 1. The molecule has 0 saturated heterocycles. The zero-order valence-electron chi connectivity index (χ0n) is 22.9. The standard InChI is InChI=1S/C31H37ClN2O5S/c1-30-14-12-23(30)18-34-19-31(13-5-6-21-16-24(32)9-10-25(21)31)20-39-27-11-8-22(17-26(27)34)29(36)33-40(37,38)15-4-2-3-7-28(30)35/h2-3,8-11,16-17,23,28,35H,4-7,12-15,18-20H2,1H3,(H,33,36)/b3-2-/t23-,28+,30+,31-/m0/s1. The van der Waals surface area contributed by atoms with Crippen molar-refractivity contribution in [3.05, 3.63) is 70.3 Å². The van der Waals surface area contributed by atoms with E-state index in [0.717, 1.165) is 42.8 Å². The minimum Gasteiger partial charge on any atom is -0.490 e. The molecule has 6 rings (SSSR count). The molecule has 2 aromatic rings. The van der Waals surface area contributed by atoms with E-state index in [9.17, 15) is 18.3 Å². The minimum absolute atomic E-state index is 0.197. The highest BCUT2D eigenvalue weighted by molar-refractivity contribution is 7.90. The second-order valence-corrected chi connectivity index (χ2v) is 14.6. The Kier molecular flexibility index (Phi) is 7.16. The summed E-state index contributed by atoms with van der Waals surface area (Å²) in [6.45, 7) is 4.07. The summed E-state index contributed by atoms with van der Waals surface area (Å²) in [4.78, 5) is 15.4. The fraction of sp³-hybridized carbons (Fsp3) is 0.516. The van der Waals surface area contributed by atoms with Gasteiger partial charge in [0.25, 0.3) is 5.91 Å². The van der Waals surface area contributed by atoms with Crippen molar-refractivity contribution in [2.75, 3.05) is 30.3 Å². The number of amides is 1. The number of aliphatic hydroxyl groups excluding tert-OH is 1. The van der Waals surface area contributed by atoms with Gasteiger partial charge < -0.3 is 14.7 Å². The molecule has 1 amide bonds. The summed E-state index contributed by atoms with van der Waals surface area (Å²) in [6.07, 6.45) is 8.80. The van der Waals surface area contributed by atoms with Crippen LogP contribution < -0.4 is 14.4 Å². The van der Waals surface area contributed by atoms with Gasteiger partial charge in [0.15, 0.2) is 0 Å². The number of sulfonamides is 1. The van der Waals surface area contributed by atoms with Crippen LogP contribution in [0.25, 0.3) is 0 Å². The molecule has 0 radical (unpaired) electrons. The van der Waals surface area contributed by atoms with Crippen LogP contribution >= 0.6 is 11.6 Å². The van der Waals surface area contributed by atoms with Gasteiger partial charge >= 0.3 is 0 Å². The highest BCUT2D eigenvalue weighted by Gasteiger charge is 2.49. The number of nitrogens with one attached hydrogen (secondary N) is 1. The van der Waals surface area contributed by atoms with E-state index < -0.39 is 22.0 Å². The number of carbonyl (C=O) groups excluding carboxylic acids is 1. The Morgan fingerprint density at radius 2 is 2.00 bits per heavy atom. The van der Waals surface area contributed by atoms with E-state index >= 15 is 0 Å². The van der Waals surface area contributed by atoms with Gasteiger partial charge in [-0.25, -0.2) is 13.1 Å². The van der Waals surface area contributed by atoms with Crippen LogP contribution in [0.5, 0.6) is 5.75 Å². The molecule has 2 aliphatic heterocycles. The Balaban J connectivity index is 1.43. The van der Waals surface area contributed by atoms with Gasteiger partial charge in [-0.05, 0) is 97.7 Å². The maximum Gasteiger partial charge on any atom is 0.264 e. The Bertz CT molecular complexity index is 1460. The summed E-state index contributed by atoms with van der Waals surface area (Å²) in [7, 11) is -3.81. The van der Waals surface area contributed by atoms with Crippen molar-refractivity contribution in [2.24, 2.45) is 11.3 Å². The number of rotatable bonds is 0.